The first-order valence-corrected chi connectivity index (χ1v) is 9.21. The van der Waals surface area contributed by atoms with Crippen LogP contribution in [0.3, 0.4) is 0 Å². The van der Waals surface area contributed by atoms with E-state index in [0.717, 1.165) is 18.4 Å². The van der Waals surface area contributed by atoms with Gasteiger partial charge in [0.15, 0.2) is 0 Å². The fourth-order valence-electron chi connectivity index (χ4n) is 2.67. The molecule has 2 rings (SSSR count). The van der Waals surface area contributed by atoms with E-state index < -0.39 is 16.9 Å². The van der Waals surface area contributed by atoms with Gasteiger partial charge in [0.25, 0.3) is 11.6 Å². The Kier molecular flexibility index (Phi) is 8.53. The average Bonchev–Trinajstić information content (AvgIpc) is 2.70. The van der Waals surface area contributed by atoms with E-state index in [2.05, 4.69) is 5.32 Å². The highest BCUT2D eigenvalue weighted by molar-refractivity contribution is 5.95. The van der Waals surface area contributed by atoms with Crippen molar-refractivity contribution in [3.63, 3.8) is 0 Å². The van der Waals surface area contributed by atoms with Gasteiger partial charge in [0.2, 0.25) is 0 Å². The Balaban J connectivity index is 1.59. The fraction of sp³-hybridized carbons (Fsp3) is 0.350. The van der Waals surface area contributed by atoms with E-state index in [1.165, 1.54) is 24.3 Å². The van der Waals surface area contributed by atoms with E-state index in [9.17, 15) is 25.1 Å². The molecule has 0 aliphatic carbocycles. The van der Waals surface area contributed by atoms with E-state index >= 15 is 0 Å². The van der Waals surface area contributed by atoms with Crippen molar-refractivity contribution >= 4 is 11.6 Å². The van der Waals surface area contributed by atoms with Gasteiger partial charge in [0.05, 0.1) is 23.2 Å². The minimum Gasteiger partial charge on any atom is -0.507 e. The summed E-state index contributed by atoms with van der Waals surface area (Å²) in [6, 6.07) is 10.5. The van der Waals surface area contributed by atoms with Gasteiger partial charge in [-0.1, -0.05) is 6.07 Å². The molecule has 9 nitrogen and oxygen atoms in total. The fourth-order valence-corrected chi connectivity index (χ4v) is 2.67. The van der Waals surface area contributed by atoms with Crippen LogP contribution in [0.25, 0.3) is 0 Å². The van der Waals surface area contributed by atoms with Crippen LogP contribution in [0.2, 0.25) is 0 Å². The number of aromatic hydroxyl groups is 1. The van der Waals surface area contributed by atoms with Crippen LogP contribution in [-0.2, 0) is 11.3 Å². The second-order valence-corrected chi connectivity index (χ2v) is 6.54. The molecule has 0 aliphatic heterocycles. The Hall–Kier alpha value is -3.01. The summed E-state index contributed by atoms with van der Waals surface area (Å²) >= 11 is 0. The van der Waals surface area contributed by atoms with Crippen molar-refractivity contribution in [3.8, 4) is 5.75 Å². The number of primary amides is 1. The lowest BCUT2D eigenvalue weighted by molar-refractivity contribution is -0.384. The third kappa shape index (κ3) is 7.15. The van der Waals surface area contributed by atoms with Crippen molar-refractivity contribution in [1.29, 1.82) is 0 Å². The number of carbonyl (C=O) groups excluding carboxylic acids is 1. The van der Waals surface area contributed by atoms with Crippen molar-refractivity contribution in [1.82, 2.24) is 5.32 Å². The maximum Gasteiger partial charge on any atom is 0.269 e. The maximum absolute atomic E-state index is 11.2. The molecule has 2 aromatic rings. The molecule has 1 amide bonds. The predicted octanol–water partition coefficient (Wildman–Crippen LogP) is 2.02. The Morgan fingerprint density at radius 3 is 2.59 bits per heavy atom. The van der Waals surface area contributed by atoms with Crippen molar-refractivity contribution < 1.29 is 24.7 Å². The topological polar surface area (TPSA) is 148 Å². The van der Waals surface area contributed by atoms with Crippen LogP contribution in [0, 0.1) is 10.1 Å². The van der Waals surface area contributed by atoms with E-state index in [1.807, 2.05) is 0 Å². The van der Waals surface area contributed by atoms with Crippen LogP contribution in [0.15, 0.2) is 42.5 Å². The summed E-state index contributed by atoms with van der Waals surface area (Å²) in [4.78, 5) is 21.4. The van der Waals surface area contributed by atoms with Gasteiger partial charge in [-0.05, 0) is 54.8 Å². The summed E-state index contributed by atoms with van der Waals surface area (Å²) in [7, 11) is 0. The number of benzene rings is 2. The highest BCUT2D eigenvalue weighted by atomic mass is 16.6. The number of amides is 1. The van der Waals surface area contributed by atoms with Crippen LogP contribution in [0.1, 0.15) is 40.4 Å². The van der Waals surface area contributed by atoms with Crippen molar-refractivity contribution in [2.45, 2.75) is 25.6 Å². The first-order valence-electron chi connectivity index (χ1n) is 9.21. The third-order valence-electron chi connectivity index (χ3n) is 4.32. The van der Waals surface area contributed by atoms with E-state index in [4.69, 9.17) is 10.5 Å². The SMILES string of the molecule is NC(=O)c1cc(C(O)CNCCCCOCc2ccc([N+](=O)[O-])cc2)ccc1O. The summed E-state index contributed by atoms with van der Waals surface area (Å²) in [6.07, 6.45) is 0.836. The molecule has 0 saturated carbocycles. The number of phenols is 1. The molecule has 0 spiro atoms. The summed E-state index contributed by atoms with van der Waals surface area (Å²) in [6.45, 7) is 1.93. The van der Waals surface area contributed by atoms with Crippen molar-refractivity contribution in [2.24, 2.45) is 5.73 Å². The number of rotatable bonds is 12. The molecule has 9 heteroatoms. The number of non-ortho nitro benzene ring substituents is 1. The molecule has 2 aromatic carbocycles. The van der Waals surface area contributed by atoms with Crippen LogP contribution < -0.4 is 11.1 Å². The first kappa shape index (κ1) is 22.3. The number of hydrogen-bond donors (Lipinski definition) is 4. The zero-order chi connectivity index (χ0) is 21.2. The number of ether oxygens (including phenoxy) is 1. The number of nitro benzene ring substituents is 1. The number of nitrogens with one attached hydrogen (secondary N) is 1. The van der Waals surface area contributed by atoms with Crippen LogP contribution in [-0.4, -0.2) is 40.7 Å². The minimum atomic E-state index is -0.827. The van der Waals surface area contributed by atoms with Crippen molar-refractivity contribution in [2.75, 3.05) is 19.7 Å². The van der Waals surface area contributed by atoms with Crippen molar-refractivity contribution in [3.05, 3.63) is 69.3 Å². The number of aliphatic hydroxyl groups is 1. The van der Waals surface area contributed by atoms with Gasteiger partial charge in [0.1, 0.15) is 5.75 Å². The van der Waals surface area contributed by atoms with Gasteiger partial charge in [0, 0.05) is 25.3 Å². The van der Waals surface area contributed by atoms with Crippen LogP contribution >= 0.6 is 0 Å². The molecule has 0 heterocycles. The largest absolute Gasteiger partial charge is 0.507 e. The Bertz CT molecular complexity index is 825. The number of nitrogens with zero attached hydrogens (tertiary/aromatic N) is 1. The van der Waals surface area contributed by atoms with Crippen LogP contribution in [0.5, 0.6) is 5.75 Å². The van der Waals surface area contributed by atoms with E-state index in [1.54, 1.807) is 18.2 Å². The molecule has 0 saturated heterocycles. The molecule has 29 heavy (non-hydrogen) atoms. The molecule has 5 N–H and O–H groups in total. The van der Waals surface area contributed by atoms with Crippen LogP contribution in [0.4, 0.5) is 5.69 Å². The number of unbranched alkanes of at least 4 members (excludes halogenated alkanes) is 1. The predicted molar refractivity (Wildman–Crippen MR) is 106 cm³/mol. The number of nitro groups is 1. The summed E-state index contributed by atoms with van der Waals surface area (Å²) in [5.74, 6) is -0.964. The van der Waals surface area contributed by atoms with Gasteiger partial charge < -0.3 is 26.0 Å². The molecule has 0 aliphatic rings. The third-order valence-corrected chi connectivity index (χ3v) is 4.32. The van der Waals surface area contributed by atoms with Gasteiger partial charge >= 0.3 is 0 Å². The molecular weight excluding hydrogens is 378 g/mol. The second-order valence-electron chi connectivity index (χ2n) is 6.54. The summed E-state index contributed by atoms with van der Waals surface area (Å²) in [5.41, 5.74) is 6.59. The zero-order valence-corrected chi connectivity index (χ0v) is 15.9. The quantitative estimate of drug-likeness (QED) is 0.241. The lowest BCUT2D eigenvalue weighted by Gasteiger charge is -2.13. The maximum atomic E-state index is 11.2. The van der Waals surface area contributed by atoms with Gasteiger partial charge in [-0.15, -0.1) is 0 Å². The van der Waals surface area contributed by atoms with E-state index in [-0.39, 0.29) is 17.0 Å². The molecule has 0 aromatic heterocycles. The molecule has 0 bridgehead atoms. The van der Waals surface area contributed by atoms with Gasteiger partial charge in [-0.3, -0.25) is 14.9 Å². The number of carbonyl (C=O) groups is 1. The standard InChI is InChI=1S/C20H25N3O6/c21-20(26)17-11-15(5-8-18(17)24)19(25)12-22-9-1-2-10-29-13-14-3-6-16(7-4-14)23(27)28/h3-8,11,19,22,24-25H,1-2,9-10,12-13H2,(H2,21,26). The number of aliphatic hydroxyl groups excluding tert-OH is 1. The Labute approximate surface area is 168 Å². The Morgan fingerprint density at radius 2 is 1.93 bits per heavy atom. The normalized spacial score (nSPS) is 11.9. The number of nitrogens with two attached hydrogens (primary N) is 1. The lowest BCUT2D eigenvalue weighted by atomic mass is 10.0. The second kappa shape index (κ2) is 11.1. The summed E-state index contributed by atoms with van der Waals surface area (Å²) < 4.78 is 5.55. The van der Waals surface area contributed by atoms with Gasteiger partial charge in [-0.2, -0.15) is 0 Å². The van der Waals surface area contributed by atoms with Gasteiger partial charge in [-0.25, -0.2) is 0 Å². The lowest BCUT2D eigenvalue weighted by Crippen LogP contribution is -2.23. The van der Waals surface area contributed by atoms with E-state index in [0.29, 0.717) is 31.9 Å². The number of hydrogen-bond acceptors (Lipinski definition) is 7. The zero-order valence-electron chi connectivity index (χ0n) is 15.9. The molecule has 156 valence electrons. The molecular formula is C20H25N3O6. The Morgan fingerprint density at radius 1 is 1.21 bits per heavy atom. The summed E-state index contributed by atoms with van der Waals surface area (Å²) in [5, 5.41) is 33.5. The highest BCUT2D eigenvalue weighted by Crippen LogP contribution is 2.21. The first-order chi connectivity index (χ1) is 13.9. The minimum absolute atomic E-state index is 0.0216. The molecule has 0 fully saturated rings. The smallest absolute Gasteiger partial charge is 0.269 e. The molecule has 1 unspecified atom stereocenters. The average molecular weight is 403 g/mol. The molecule has 0 radical (unpaired) electrons. The monoisotopic (exact) mass is 403 g/mol. The molecule has 1 atom stereocenters. The highest BCUT2D eigenvalue weighted by Gasteiger charge is 2.13.